The van der Waals surface area contributed by atoms with Gasteiger partial charge in [0, 0.05) is 17.8 Å². The number of aromatic amines is 1. The van der Waals surface area contributed by atoms with Crippen LogP contribution in [0.1, 0.15) is 50.8 Å². The van der Waals surface area contributed by atoms with Gasteiger partial charge in [-0.2, -0.15) is 0 Å². The van der Waals surface area contributed by atoms with E-state index in [2.05, 4.69) is 20.3 Å². The minimum Gasteiger partial charge on any atom is -0.496 e. The smallest absolute Gasteiger partial charge is 0.259 e. The SMILES string of the molecule is COc1cc(C(=O)N2CCCCc3nc(C)ccc32)ccc1C(=O)Nc1cccc2[nH]c(C)nc12. The van der Waals surface area contributed by atoms with Crippen LogP contribution in [-0.2, 0) is 6.42 Å². The van der Waals surface area contributed by atoms with E-state index < -0.39 is 0 Å². The van der Waals surface area contributed by atoms with Gasteiger partial charge in [0.1, 0.15) is 17.1 Å². The number of para-hydroxylation sites is 1. The van der Waals surface area contributed by atoms with Gasteiger partial charge in [-0.15, -0.1) is 0 Å². The molecule has 3 heterocycles. The van der Waals surface area contributed by atoms with Crippen LogP contribution in [0, 0.1) is 13.8 Å². The van der Waals surface area contributed by atoms with Crippen molar-refractivity contribution in [1.29, 1.82) is 0 Å². The van der Waals surface area contributed by atoms with Gasteiger partial charge in [-0.1, -0.05) is 6.07 Å². The van der Waals surface area contributed by atoms with Crippen LogP contribution >= 0.6 is 0 Å². The molecule has 0 saturated heterocycles. The van der Waals surface area contributed by atoms with Crippen molar-refractivity contribution in [3.8, 4) is 5.75 Å². The molecule has 0 radical (unpaired) electrons. The van der Waals surface area contributed by atoms with E-state index in [1.807, 2.05) is 38.1 Å². The van der Waals surface area contributed by atoms with Crippen LogP contribution in [0.4, 0.5) is 11.4 Å². The molecule has 35 heavy (non-hydrogen) atoms. The fourth-order valence-electron chi connectivity index (χ4n) is 4.54. The maximum Gasteiger partial charge on any atom is 0.259 e. The van der Waals surface area contributed by atoms with E-state index in [0.29, 0.717) is 34.6 Å². The Morgan fingerprint density at radius 2 is 1.91 bits per heavy atom. The average molecular weight is 470 g/mol. The standard InChI is InChI=1S/C27H27N5O3/c1-16-10-13-23-20(28-16)7-4-5-14-32(23)27(34)18-11-12-19(24(15-18)35-3)26(33)31-22-9-6-8-21-25(22)30-17(2)29-21/h6,8-13,15H,4-5,7,14H2,1-3H3,(H,29,30)(H,31,33). The molecular formula is C27H27N5O3. The number of imidazole rings is 1. The van der Waals surface area contributed by atoms with Crippen molar-refractivity contribution < 1.29 is 14.3 Å². The molecule has 2 amide bonds. The summed E-state index contributed by atoms with van der Waals surface area (Å²) in [5.41, 5.74) is 5.66. The Morgan fingerprint density at radius 1 is 1.06 bits per heavy atom. The number of pyridine rings is 1. The second-order valence-corrected chi connectivity index (χ2v) is 8.73. The molecule has 0 bridgehead atoms. The molecule has 0 atom stereocenters. The molecule has 0 fully saturated rings. The number of nitrogens with one attached hydrogen (secondary N) is 2. The highest BCUT2D eigenvalue weighted by atomic mass is 16.5. The van der Waals surface area contributed by atoms with Gasteiger partial charge in [0.05, 0.1) is 35.3 Å². The van der Waals surface area contributed by atoms with Crippen molar-refractivity contribution in [3.05, 3.63) is 76.9 Å². The minimum absolute atomic E-state index is 0.138. The first kappa shape index (κ1) is 22.6. The Balaban J connectivity index is 1.43. The molecule has 178 valence electrons. The number of benzene rings is 2. The van der Waals surface area contributed by atoms with Crippen LogP contribution in [0.15, 0.2) is 48.5 Å². The Labute approximate surface area is 203 Å². The van der Waals surface area contributed by atoms with Gasteiger partial charge >= 0.3 is 0 Å². The number of aryl methyl sites for hydroxylation is 3. The van der Waals surface area contributed by atoms with Crippen LogP contribution < -0.4 is 15.0 Å². The van der Waals surface area contributed by atoms with Gasteiger partial charge in [0.15, 0.2) is 0 Å². The summed E-state index contributed by atoms with van der Waals surface area (Å²) in [7, 11) is 1.49. The van der Waals surface area contributed by atoms with E-state index in [9.17, 15) is 9.59 Å². The number of methoxy groups -OCH3 is 1. The lowest BCUT2D eigenvalue weighted by atomic mass is 10.1. The summed E-state index contributed by atoms with van der Waals surface area (Å²) < 4.78 is 5.52. The first-order chi connectivity index (χ1) is 16.9. The molecule has 2 aromatic heterocycles. The number of carbonyl (C=O) groups is 2. The minimum atomic E-state index is -0.339. The number of H-pyrrole nitrogens is 1. The van der Waals surface area contributed by atoms with Crippen LogP contribution in [-0.4, -0.2) is 40.4 Å². The number of hydrogen-bond donors (Lipinski definition) is 2. The number of ether oxygens (including phenoxy) is 1. The van der Waals surface area contributed by atoms with E-state index in [1.165, 1.54) is 7.11 Å². The maximum absolute atomic E-state index is 13.5. The van der Waals surface area contributed by atoms with Gasteiger partial charge in [-0.05, 0) is 75.6 Å². The molecule has 0 saturated carbocycles. The maximum atomic E-state index is 13.5. The summed E-state index contributed by atoms with van der Waals surface area (Å²) in [6, 6.07) is 14.4. The second kappa shape index (κ2) is 9.21. The molecule has 0 spiro atoms. The molecular weight excluding hydrogens is 442 g/mol. The van der Waals surface area contributed by atoms with Gasteiger partial charge in [-0.3, -0.25) is 14.6 Å². The zero-order valence-electron chi connectivity index (χ0n) is 20.0. The molecule has 8 heteroatoms. The van der Waals surface area contributed by atoms with Gasteiger partial charge in [0.2, 0.25) is 0 Å². The Morgan fingerprint density at radius 3 is 2.74 bits per heavy atom. The van der Waals surface area contributed by atoms with Gasteiger partial charge in [0.25, 0.3) is 11.8 Å². The summed E-state index contributed by atoms with van der Waals surface area (Å²) in [5, 5.41) is 2.92. The van der Waals surface area contributed by atoms with Crippen molar-refractivity contribution in [3.63, 3.8) is 0 Å². The fraction of sp³-hybridized carbons (Fsp3) is 0.259. The number of amides is 2. The molecule has 0 aliphatic carbocycles. The normalized spacial score (nSPS) is 13.3. The third-order valence-electron chi connectivity index (χ3n) is 6.24. The summed E-state index contributed by atoms with van der Waals surface area (Å²) in [5.74, 6) is 0.619. The van der Waals surface area contributed by atoms with Crippen LogP contribution in [0.5, 0.6) is 5.75 Å². The average Bonchev–Trinajstić information content (AvgIpc) is 3.12. The van der Waals surface area contributed by atoms with E-state index in [1.54, 1.807) is 29.2 Å². The lowest BCUT2D eigenvalue weighted by Gasteiger charge is -2.23. The number of carbonyl (C=O) groups excluding carboxylic acids is 2. The second-order valence-electron chi connectivity index (χ2n) is 8.73. The fourth-order valence-corrected chi connectivity index (χ4v) is 4.54. The lowest BCUT2D eigenvalue weighted by Crippen LogP contribution is -2.32. The molecule has 2 aromatic carbocycles. The molecule has 2 N–H and O–H groups in total. The highest BCUT2D eigenvalue weighted by molar-refractivity contribution is 6.11. The Hall–Kier alpha value is -4.20. The van der Waals surface area contributed by atoms with E-state index >= 15 is 0 Å². The first-order valence-corrected chi connectivity index (χ1v) is 11.7. The molecule has 5 rings (SSSR count). The highest BCUT2D eigenvalue weighted by Crippen LogP contribution is 2.29. The Kier molecular flexibility index (Phi) is 5.94. The number of rotatable bonds is 4. The predicted molar refractivity (Wildman–Crippen MR) is 135 cm³/mol. The summed E-state index contributed by atoms with van der Waals surface area (Å²) in [6.07, 6.45) is 2.74. The van der Waals surface area contributed by atoms with Crippen molar-refractivity contribution in [2.45, 2.75) is 33.1 Å². The predicted octanol–water partition coefficient (Wildman–Crippen LogP) is 4.82. The third-order valence-corrected chi connectivity index (χ3v) is 6.24. The van der Waals surface area contributed by atoms with Crippen molar-refractivity contribution >= 4 is 34.2 Å². The summed E-state index contributed by atoms with van der Waals surface area (Å²) >= 11 is 0. The number of hydrogen-bond acceptors (Lipinski definition) is 5. The van der Waals surface area contributed by atoms with Crippen LogP contribution in [0.2, 0.25) is 0 Å². The van der Waals surface area contributed by atoms with Crippen molar-refractivity contribution in [1.82, 2.24) is 15.0 Å². The zero-order chi connectivity index (χ0) is 24.5. The molecule has 8 nitrogen and oxygen atoms in total. The monoisotopic (exact) mass is 469 g/mol. The number of anilines is 2. The van der Waals surface area contributed by atoms with Crippen LogP contribution in [0.25, 0.3) is 11.0 Å². The number of nitrogens with zero attached hydrogens (tertiary/aromatic N) is 3. The summed E-state index contributed by atoms with van der Waals surface area (Å²) in [4.78, 5) is 40.7. The molecule has 4 aromatic rings. The van der Waals surface area contributed by atoms with Gasteiger partial charge in [-0.25, -0.2) is 4.98 Å². The van der Waals surface area contributed by atoms with Gasteiger partial charge < -0.3 is 19.9 Å². The highest BCUT2D eigenvalue weighted by Gasteiger charge is 2.25. The number of fused-ring (bicyclic) bond motifs is 2. The quantitative estimate of drug-likeness (QED) is 0.446. The lowest BCUT2D eigenvalue weighted by molar-refractivity contribution is 0.0982. The molecule has 0 unspecified atom stereocenters. The van der Waals surface area contributed by atoms with E-state index in [-0.39, 0.29) is 11.8 Å². The van der Waals surface area contributed by atoms with Crippen molar-refractivity contribution in [2.24, 2.45) is 0 Å². The van der Waals surface area contributed by atoms with E-state index in [0.717, 1.165) is 47.7 Å². The zero-order valence-corrected chi connectivity index (χ0v) is 20.0. The third kappa shape index (κ3) is 4.35. The van der Waals surface area contributed by atoms with E-state index in [4.69, 9.17) is 4.74 Å². The molecule has 1 aliphatic rings. The summed E-state index contributed by atoms with van der Waals surface area (Å²) in [6.45, 7) is 4.44. The first-order valence-electron chi connectivity index (χ1n) is 11.7. The Bertz CT molecular complexity index is 1440. The topological polar surface area (TPSA) is 100 Å². The van der Waals surface area contributed by atoms with Crippen molar-refractivity contribution in [2.75, 3.05) is 23.9 Å². The number of aromatic nitrogens is 3. The molecule has 1 aliphatic heterocycles. The largest absolute Gasteiger partial charge is 0.496 e. The van der Waals surface area contributed by atoms with Crippen LogP contribution in [0.3, 0.4) is 0 Å².